The van der Waals surface area contributed by atoms with Crippen LogP contribution in [-0.4, -0.2) is 46.3 Å². The van der Waals surface area contributed by atoms with Crippen LogP contribution in [0, 0.1) is 5.92 Å². The largest absolute Gasteiger partial charge is 0.477 e. The summed E-state index contributed by atoms with van der Waals surface area (Å²) in [6, 6.07) is 1.86. The van der Waals surface area contributed by atoms with E-state index in [2.05, 4.69) is 9.97 Å². The molecule has 2 heterocycles. The molecule has 1 aromatic rings. The van der Waals surface area contributed by atoms with E-state index in [-0.39, 0.29) is 6.09 Å². The smallest absolute Gasteiger partial charge is 0.410 e. The average molecular weight is 307 g/mol. The third kappa shape index (κ3) is 4.86. The Morgan fingerprint density at radius 2 is 2.18 bits per heavy atom. The molecule has 1 aliphatic heterocycles. The lowest BCUT2D eigenvalue weighted by molar-refractivity contribution is 0.0284. The summed E-state index contributed by atoms with van der Waals surface area (Å²) in [6.07, 6.45) is 3.06. The molecule has 122 valence electrons. The Kier molecular flexibility index (Phi) is 5.21. The van der Waals surface area contributed by atoms with Gasteiger partial charge >= 0.3 is 6.09 Å². The molecule has 2 rings (SSSR count). The average Bonchev–Trinajstić information content (AvgIpc) is 2.92. The van der Waals surface area contributed by atoms with E-state index in [0.717, 1.165) is 18.5 Å². The maximum absolute atomic E-state index is 12.0. The Bertz CT molecular complexity index is 514. The standard InChI is InChI=1S/C16H25N3O3/c1-5-13-8-14(18-11-17-13)21-10-12-6-7-19(9-12)15(20)22-16(2,3)4/h8,11-12H,5-7,9-10H2,1-4H3/t12-/m0/s1. The highest BCUT2D eigenvalue weighted by molar-refractivity contribution is 5.68. The lowest BCUT2D eigenvalue weighted by Gasteiger charge is -2.24. The molecule has 0 saturated carbocycles. The van der Waals surface area contributed by atoms with Gasteiger partial charge in [0.25, 0.3) is 0 Å². The summed E-state index contributed by atoms with van der Waals surface area (Å²) in [6.45, 7) is 9.61. The second-order valence-electron chi connectivity index (χ2n) is 6.59. The van der Waals surface area contributed by atoms with E-state index in [1.807, 2.05) is 33.8 Å². The third-order valence-electron chi connectivity index (χ3n) is 3.47. The summed E-state index contributed by atoms with van der Waals surface area (Å²) in [5, 5.41) is 0. The highest BCUT2D eigenvalue weighted by Gasteiger charge is 2.30. The maximum atomic E-state index is 12.0. The summed E-state index contributed by atoms with van der Waals surface area (Å²) in [5.74, 6) is 0.912. The highest BCUT2D eigenvalue weighted by atomic mass is 16.6. The Hall–Kier alpha value is -1.85. The Labute approximate surface area is 131 Å². The monoisotopic (exact) mass is 307 g/mol. The normalized spacial score (nSPS) is 18.4. The van der Waals surface area contributed by atoms with Crippen molar-refractivity contribution in [3.8, 4) is 5.88 Å². The van der Waals surface area contributed by atoms with Crippen molar-refractivity contribution >= 4 is 6.09 Å². The fourth-order valence-electron chi connectivity index (χ4n) is 2.31. The number of likely N-dealkylation sites (tertiary alicyclic amines) is 1. The van der Waals surface area contributed by atoms with E-state index in [0.29, 0.717) is 31.5 Å². The number of carbonyl (C=O) groups is 1. The highest BCUT2D eigenvalue weighted by Crippen LogP contribution is 2.20. The van der Waals surface area contributed by atoms with Gasteiger partial charge in [-0.1, -0.05) is 6.92 Å². The fraction of sp³-hybridized carbons (Fsp3) is 0.688. The first kappa shape index (κ1) is 16.5. The quantitative estimate of drug-likeness (QED) is 0.855. The summed E-state index contributed by atoms with van der Waals surface area (Å²) in [4.78, 5) is 22.0. The first-order valence-corrected chi connectivity index (χ1v) is 7.79. The van der Waals surface area contributed by atoms with E-state index >= 15 is 0 Å². The summed E-state index contributed by atoms with van der Waals surface area (Å²) in [5.41, 5.74) is 0.509. The Morgan fingerprint density at radius 1 is 1.41 bits per heavy atom. The zero-order valence-corrected chi connectivity index (χ0v) is 13.8. The molecule has 0 aromatic carbocycles. The van der Waals surface area contributed by atoms with Crippen molar-refractivity contribution in [2.45, 2.75) is 46.1 Å². The SMILES string of the molecule is CCc1cc(OC[C@H]2CCN(C(=O)OC(C)(C)C)C2)ncn1. The van der Waals surface area contributed by atoms with E-state index in [9.17, 15) is 4.79 Å². The van der Waals surface area contributed by atoms with Crippen LogP contribution < -0.4 is 4.74 Å². The minimum atomic E-state index is -0.455. The van der Waals surface area contributed by atoms with Crippen molar-refractivity contribution in [2.75, 3.05) is 19.7 Å². The van der Waals surface area contributed by atoms with Crippen molar-refractivity contribution in [1.82, 2.24) is 14.9 Å². The van der Waals surface area contributed by atoms with Crippen LogP contribution in [0.3, 0.4) is 0 Å². The van der Waals surface area contributed by atoms with Gasteiger partial charge in [-0.25, -0.2) is 14.8 Å². The van der Waals surface area contributed by atoms with Crippen molar-refractivity contribution < 1.29 is 14.3 Å². The minimum absolute atomic E-state index is 0.245. The topological polar surface area (TPSA) is 64.5 Å². The molecule has 1 aromatic heterocycles. The lowest BCUT2D eigenvalue weighted by atomic mass is 10.1. The van der Waals surface area contributed by atoms with Crippen LogP contribution in [0.4, 0.5) is 4.79 Å². The molecule has 1 fully saturated rings. The van der Waals surface area contributed by atoms with Gasteiger partial charge in [-0.3, -0.25) is 0 Å². The number of hydrogen-bond donors (Lipinski definition) is 0. The number of amides is 1. The molecule has 0 bridgehead atoms. The fourth-order valence-corrected chi connectivity index (χ4v) is 2.31. The molecular formula is C16H25N3O3. The van der Waals surface area contributed by atoms with Gasteiger partial charge in [-0.05, 0) is 33.6 Å². The van der Waals surface area contributed by atoms with E-state index in [1.165, 1.54) is 6.33 Å². The predicted octanol–water partition coefficient (Wildman–Crippen LogP) is 2.67. The number of nitrogens with zero attached hydrogens (tertiary/aromatic N) is 3. The number of aryl methyl sites for hydroxylation is 1. The van der Waals surface area contributed by atoms with Gasteiger partial charge in [0.15, 0.2) is 0 Å². The molecular weight excluding hydrogens is 282 g/mol. The molecule has 0 radical (unpaired) electrons. The number of carbonyl (C=O) groups excluding carboxylic acids is 1. The van der Waals surface area contributed by atoms with Crippen LogP contribution in [0.5, 0.6) is 5.88 Å². The van der Waals surface area contributed by atoms with E-state index in [4.69, 9.17) is 9.47 Å². The molecule has 0 spiro atoms. The summed E-state index contributed by atoms with van der Waals surface area (Å²) >= 11 is 0. The molecule has 1 saturated heterocycles. The minimum Gasteiger partial charge on any atom is -0.477 e. The van der Waals surface area contributed by atoms with Gasteiger partial charge in [-0.2, -0.15) is 0 Å². The molecule has 1 atom stereocenters. The van der Waals surface area contributed by atoms with Gasteiger partial charge in [0.1, 0.15) is 11.9 Å². The second kappa shape index (κ2) is 6.94. The summed E-state index contributed by atoms with van der Waals surface area (Å²) in [7, 11) is 0. The molecule has 6 nitrogen and oxygen atoms in total. The number of ether oxygens (including phenoxy) is 2. The van der Waals surface area contributed by atoms with Crippen LogP contribution in [0.2, 0.25) is 0 Å². The number of rotatable bonds is 4. The van der Waals surface area contributed by atoms with Crippen molar-refractivity contribution in [3.63, 3.8) is 0 Å². The van der Waals surface area contributed by atoms with Gasteiger partial charge in [0.2, 0.25) is 5.88 Å². The van der Waals surface area contributed by atoms with Crippen molar-refractivity contribution in [2.24, 2.45) is 5.92 Å². The van der Waals surface area contributed by atoms with Crippen LogP contribution >= 0.6 is 0 Å². The summed E-state index contributed by atoms with van der Waals surface area (Å²) < 4.78 is 11.1. The van der Waals surface area contributed by atoms with Crippen molar-refractivity contribution in [1.29, 1.82) is 0 Å². The van der Waals surface area contributed by atoms with Gasteiger partial charge in [0, 0.05) is 30.8 Å². The van der Waals surface area contributed by atoms with Crippen LogP contribution in [0.15, 0.2) is 12.4 Å². The van der Waals surface area contributed by atoms with Crippen LogP contribution in [0.1, 0.15) is 39.8 Å². The zero-order chi connectivity index (χ0) is 16.2. The van der Waals surface area contributed by atoms with E-state index in [1.54, 1.807) is 4.90 Å². The van der Waals surface area contributed by atoms with Gasteiger partial charge in [-0.15, -0.1) is 0 Å². The van der Waals surface area contributed by atoms with E-state index < -0.39 is 5.60 Å². The molecule has 0 unspecified atom stereocenters. The number of hydrogen-bond acceptors (Lipinski definition) is 5. The molecule has 1 amide bonds. The first-order chi connectivity index (χ1) is 10.4. The lowest BCUT2D eigenvalue weighted by Crippen LogP contribution is -2.35. The zero-order valence-electron chi connectivity index (χ0n) is 13.8. The van der Waals surface area contributed by atoms with Gasteiger partial charge < -0.3 is 14.4 Å². The molecule has 6 heteroatoms. The maximum Gasteiger partial charge on any atom is 0.410 e. The van der Waals surface area contributed by atoms with Crippen molar-refractivity contribution in [3.05, 3.63) is 18.1 Å². The predicted molar refractivity (Wildman–Crippen MR) is 82.8 cm³/mol. The molecule has 1 aliphatic rings. The molecule has 0 N–H and O–H groups in total. The molecule has 22 heavy (non-hydrogen) atoms. The molecule has 0 aliphatic carbocycles. The first-order valence-electron chi connectivity index (χ1n) is 7.79. The Morgan fingerprint density at radius 3 is 2.86 bits per heavy atom. The van der Waals surface area contributed by atoms with Crippen LogP contribution in [-0.2, 0) is 11.2 Å². The van der Waals surface area contributed by atoms with Crippen LogP contribution in [0.25, 0.3) is 0 Å². The van der Waals surface area contributed by atoms with Gasteiger partial charge in [0.05, 0.1) is 6.61 Å². The second-order valence-corrected chi connectivity index (χ2v) is 6.59. The number of aromatic nitrogens is 2. The third-order valence-corrected chi connectivity index (χ3v) is 3.47. The Balaban J connectivity index is 1.80.